The van der Waals surface area contributed by atoms with Gasteiger partial charge in [-0.05, 0) is 24.5 Å². The molecule has 1 amide bonds. The van der Waals surface area contributed by atoms with Crippen LogP contribution in [0, 0.1) is 0 Å². The maximum absolute atomic E-state index is 12.6. The second kappa shape index (κ2) is 8.79. The fourth-order valence-corrected chi connectivity index (χ4v) is 3.23. The van der Waals surface area contributed by atoms with Crippen LogP contribution < -0.4 is 10.2 Å². The minimum absolute atomic E-state index is 0.0103. The second-order valence-electron chi connectivity index (χ2n) is 6.68. The molecule has 0 aliphatic heterocycles. The lowest BCUT2D eigenvalue weighted by atomic mass is 10.1. The van der Waals surface area contributed by atoms with Crippen LogP contribution in [0.15, 0.2) is 36.9 Å². The zero-order valence-electron chi connectivity index (χ0n) is 16.5. The molecule has 0 radical (unpaired) electrons. The fraction of sp³-hybridized carbons (Fsp3) is 0.400. The second-order valence-corrected chi connectivity index (χ2v) is 6.68. The van der Waals surface area contributed by atoms with Crippen molar-refractivity contribution in [2.75, 3.05) is 30.4 Å². The molecule has 148 valence electrons. The van der Waals surface area contributed by atoms with Gasteiger partial charge in [-0.15, -0.1) is 0 Å². The molecule has 3 rings (SSSR count). The van der Waals surface area contributed by atoms with Gasteiger partial charge in [0.05, 0.1) is 25.5 Å². The summed E-state index contributed by atoms with van der Waals surface area (Å²) in [6.45, 7) is 4.20. The Labute approximate surface area is 164 Å². The summed E-state index contributed by atoms with van der Waals surface area (Å²) in [4.78, 5) is 27.4. The zero-order valence-corrected chi connectivity index (χ0v) is 16.5. The van der Waals surface area contributed by atoms with Crippen molar-refractivity contribution >= 4 is 28.6 Å². The first-order valence-corrected chi connectivity index (χ1v) is 9.46. The van der Waals surface area contributed by atoms with Crippen LogP contribution in [0.4, 0.5) is 11.5 Å². The number of fused-ring (bicyclic) bond motifs is 1. The predicted octanol–water partition coefficient (Wildman–Crippen LogP) is 2.41. The van der Waals surface area contributed by atoms with E-state index in [2.05, 4.69) is 27.2 Å². The number of carbonyl (C=O) groups excluding carboxylic acids is 1. The van der Waals surface area contributed by atoms with Gasteiger partial charge in [0, 0.05) is 12.7 Å². The standard InChI is InChI=1S/C20H26N6O2/c1-4-14-8-6-7-9-16(14)24-17(28)10-25(3)19-18-20(22-12-21-19)26(13-23-18)15(5-2)11-27/h6-9,12-13,15,27H,4-5,10-11H2,1-3H3,(H,24,28)/t15-/m1/s1. The summed E-state index contributed by atoms with van der Waals surface area (Å²) in [5, 5.41) is 12.6. The van der Waals surface area contributed by atoms with Gasteiger partial charge in [0.25, 0.3) is 0 Å². The first kappa shape index (κ1) is 19.8. The largest absolute Gasteiger partial charge is 0.394 e. The molecule has 2 N–H and O–H groups in total. The molecule has 0 aliphatic carbocycles. The van der Waals surface area contributed by atoms with Gasteiger partial charge in [-0.25, -0.2) is 15.0 Å². The third-order valence-corrected chi connectivity index (χ3v) is 4.83. The van der Waals surface area contributed by atoms with Gasteiger partial charge in [0.15, 0.2) is 17.0 Å². The van der Waals surface area contributed by atoms with Crippen molar-refractivity contribution in [1.82, 2.24) is 19.5 Å². The lowest BCUT2D eigenvalue weighted by Gasteiger charge is -2.19. The molecule has 1 aromatic carbocycles. The molecule has 8 nitrogen and oxygen atoms in total. The number of aryl methyl sites for hydroxylation is 1. The molecule has 2 aromatic heterocycles. The minimum Gasteiger partial charge on any atom is -0.394 e. The predicted molar refractivity (Wildman–Crippen MR) is 109 cm³/mol. The number of aliphatic hydroxyl groups is 1. The van der Waals surface area contributed by atoms with E-state index >= 15 is 0 Å². The van der Waals surface area contributed by atoms with Crippen LogP contribution in [0.25, 0.3) is 11.2 Å². The molecule has 3 aromatic rings. The number of hydrogen-bond acceptors (Lipinski definition) is 6. The highest BCUT2D eigenvalue weighted by molar-refractivity contribution is 5.95. The number of aliphatic hydroxyl groups excluding tert-OH is 1. The van der Waals surface area contributed by atoms with Crippen molar-refractivity contribution in [2.45, 2.75) is 32.7 Å². The molecule has 2 heterocycles. The molecule has 8 heteroatoms. The highest BCUT2D eigenvalue weighted by Gasteiger charge is 2.19. The number of aromatic nitrogens is 4. The van der Waals surface area contributed by atoms with Gasteiger partial charge in [-0.3, -0.25) is 4.79 Å². The average Bonchev–Trinajstić information content (AvgIpc) is 3.13. The van der Waals surface area contributed by atoms with Crippen LogP contribution in [0.5, 0.6) is 0 Å². The lowest BCUT2D eigenvalue weighted by molar-refractivity contribution is -0.114. The molecule has 0 saturated carbocycles. The van der Waals surface area contributed by atoms with Crippen molar-refractivity contribution in [3.8, 4) is 0 Å². The Morgan fingerprint density at radius 2 is 2.04 bits per heavy atom. The van der Waals surface area contributed by atoms with E-state index < -0.39 is 0 Å². The smallest absolute Gasteiger partial charge is 0.243 e. The molecule has 0 spiro atoms. The number of anilines is 2. The molecule has 0 unspecified atom stereocenters. The Kier molecular flexibility index (Phi) is 6.20. The van der Waals surface area contributed by atoms with Crippen LogP contribution >= 0.6 is 0 Å². The number of amides is 1. The Morgan fingerprint density at radius 1 is 1.25 bits per heavy atom. The number of para-hydroxylation sites is 1. The van der Waals surface area contributed by atoms with Crippen LogP contribution in [0.3, 0.4) is 0 Å². The summed E-state index contributed by atoms with van der Waals surface area (Å²) in [5.74, 6) is 0.451. The van der Waals surface area contributed by atoms with Crippen molar-refractivity contribution in [3.05, 3.63) is 42.5 Å². The van der Waals surface area contributed by atoms with Gasteiger partial charge < -0.3 is 19.9 Å². The topological polar surface area (TPSA) is 96.2 Å². The summed E-state index contributed by atoms with van der Waals surface area (Å²) in [6.07, 6.45) is 4.73. The van der Waals surface area contributed by atoms with E-state index in [1.807, 2.05) is 35.8 Å². The van der Waals surface area contributed by atoms with E-state index in [1.165, 1.54) is 6.33 Å². The summed E-state index contributed by atoms with van der Waals surface area (Å²) in [7, 11) is 1.80. The third-order valence-electron chi connectivity index (χ3n) is 4.83. The van der Waals surface area contributed by atoms with E-state index in [0.29, 0.717) is 17.0 Å². The normalized spacial score (nSPS) is 12.1. The maximum Gasteiger partial charge on any atom is 0.243 e. The average molecular weight is 382 g/mol. The summed E-state index contributed by atoms with van der Waals surface area (Å²) in [5.41, 5.74) is 3.18. The van der Waals surface area contributed by atoms with E-state index in [-0.39, 0.29) is 25.1 Å². The number of nitrogens with zero attached hydrogens (tertiary/aromatic N) is 5. The monoisotopic (exact) mass is 382 g/mol. The maximum atomic E-state index is 12.6. The summed E-state index contributed by atoms with van der Waals surface area (Å²) >= 11 is 0. The molecule has 0 saturated heterocycles. The Balaban J connectivity index is 1.80. The van der Waals surface area contributed by atoms with Crippen molar-refractivity contribution < 1.29 is 9.90 Å². The van der Waals surface area contributed by atoms with E-state index in [4.69, 9.17) is 0 Å². The highest BCUT2D eigenvalue weighted by atomic mass is 16.3. The molecule has 1 atom stereocenters. The Morgan fingerprint density at radius 3 is 2.75 bits per heavy atom. The minimum atomic E-state index is -0.128. The summed E-state index contributed by atoms with van der Waals surface area (Å²) < 4.78 is 1.85. The number of hydrogen-bond donors (Lipinski definition) is 2. The number of rotatable bonds is 8. The van der Waals surface area contributed by atoms with Crippen LogP contribution in [-0.4, -0.2) is 50.7 Å². The Bertz CT molecular complexity index is 951. The molecular formula is C20H26N6O2. The zero-order chi connectivity index (χ0) is 20.1. The molecule has 0 bridgehead atoms. The number of benzene rings is 1. The van der Waals surface area contributed by atoms with Crippen LogP contribution in [0.2, 0.25) is 0 Å². The van der Waals surface area contributed by atoms with E-state index in [1.54, 1.807) is 18.3 Å². The van der Waals surface area contributed by atoms with Gasteiger partial charge >= 0.3 is 0 Å². The Hall–Kier alpha value is -3.00. The quantitative estimate of drug-likeness (QED) is 0.621. The third kappa shape index (κ3) is 3.96. The van der Waals surface area contributed by atoms with Gasteiger partial charge in [-0.1, -0.05) is 32.0 Å². The van der Waals surface area contributed by atoms with Gasteiger partial charge in [0.1, 0.15) is 6.33 Å². The van der Waals surface area contributed by atoms with Crippen molar-refractivity contribution in [1.29, 1.82) is 0 Å². The molecule has 0 aliphatic rings. The fourth-order valence-electron chi connectivity index (χ4n) is 3.23. The number of imidazole rings is 1. The summed E-state index contributed by atoms with van der Waals surface area (Å²) in [6, 6.07) is 7.69. The van der Waals surface area contributed by atoms with Crippen molar-refractivity contribution in [2.24, 2.45) is 0 Å². The highest BCUT2D eigenvalue weighted by Crippen LogP contribution is 2.24. The van der Waals surface area contributed by atoms with Crippen LogP contribution in [0.1, 0.15) is 31.9 Å². The molecule has 28 heavy (non-hydrogen) atoms. The first-order chi connectivity index (χ1) is 13.6. The van der Waals surface area contributed by atoms with Gasteiger partial charge in [0.2, 0.25) is 5.91 Å². The lowest BCUT2D eigenvalue weighted by Crippen LogP contribution is -2.31. The molecule has 0 fully saturated rings. The van der Waals surface area contributed by atoms with Crippen LogP contribution in [-0.2, 0) is 11.2 Å². The van der Waals surface area contributed by atoms with Crippen molar-refractivity contribution in [3.63, 3.8) is 0 Å². The number of nitrogens with one attached hydrogen (secondary N) is 1. The van der Waals surface area contributed by atoms with Gasteiger partial charge in [-0.2, -0.15) is 0 Å². The van der Waals surface area contributed by atoms with E-state index in [0.717, 1.165) is 24.1 Å². The number of carbonyl (C=O) groups is 1. The number of likely N-dealkylation sites (N-methyl/N-ethyl adjacent to an activating group) is 1. The van der Waals surface area contributed by atoms with E-state index in [9.17, 15) is 9.90 Å². The molecular weight excluding hydrogens is 356 g/mol. The first-order valence-electron chi connectivity index (χ1n) is 9.46. The SMILES string of the molecule is CCc1ccccc1NC(=O)CN(C)c1ncnc2c1ncn2[C@H](CC)CO.